The molecule has 0 aliphatic heterocycles. The molecule has 0 bridgehead atoms. The monoisotopic (exact) mass is 285 g/mol. The summed E-state index contributed by atoms with van der Waals surface area (Å²) in [6.45, 7) is -0.180. The Morgan fingerprint density at radius 3 is 2.11 bits per heavy atom. The van der Waals surface area contributed by atoms with Crippen molar-refractivity contribution in [1.82, 2.24) is 5.32 Å². The van der Waals surface area contributed by atoms with E-state index >= 15 is 0 Å². The van der Waals surface area contributed by atoms with Gasteiger partial charge in [0, 0.05) is 6.54 Å². The fourth-order valence-corrected chi connectivity index (χ4v) is 1.61. The third-order valence-corrected chi connectivity index (χ3v) is 2.72. The number of aliphatic hydroxyl groups is 2. The van der Waals surface area contributed by atoms with Crippen molar-refractivity contribution in [2.45, 2.75) is 57.2 Å². The van der Waals surface area contributed by atoms with E-state index in [-0.39, 0.29) is 13.2 Å². The van der Waals surface area contributed by atoms with E-state index in [1.807, 2.05) is 5.32 Å². The van der Waals surface area contributed by atoms with E-state index in [4.69, 9.17) is 10.2 Å². The first-order valence-electron chi connectivity index (χ1n) is 6.52. The number of alkyl halides is 3. The van der Waals surface area contributed by atoms with Crippen molar-refractivity contribution in [2.75, 3.05) is 13.2 Å². The SMILES string of the molecule is O=C(NCCCCCCCCC(O)CO)C(F)(F)F. The number of aliphatic hydroxyl groups excluding tert-OH is 2. The fourth-order valence-electron chi connectivity index (χ4n) is 1.61. The first kappa shape index (κ1) is 18.2. The van der Waals surface area contributed by atoms with E-state index in [0.29, 0.717) is 12.8 Å². The Kier molecular flexibility index (Phi) is 9.59. The van der Waals surface area contributed by atoms with Gasteiger partial charge in [0.15, 0.2) is 0 Å². The Morgan fingerprint density at radius 2 is 1.58 bits per heavy atom. The highest BCUT2D eigenvalue weighted by Crippen LogP contribution is 2.14. The second kappa shape index (κ2) is 10.0. The Balaban J connectivity index is 3.26. The van der Waals surface area contributed by atoms with E-state index in [9.17, 15) is 18.0 Å². The summed E-state index contributed by atoms with van der Waals surface area (Å²) in [5.41, 5.74) is 0. The topological polar surface area (TPSA) is 69.6 Å². The molecule has 1 amide bonds. The highest BCUT2D eigenvalue weighted by atomic mass is 19.4. The van der Waals surface area contributed by atoms with E-state index in [1.165, 1.54) is 0 Å². The molecule has 0 fully saturated rings. The van der Waals surface area contributed by atoms with Crippen molar-refractivity contribution in [3.8, 4) is 0 Å². The van der Waals surface area contributed by atoms with Crippen LogP contribution in [0.3, 0.4) is 0 Å². The standard InChI is InChI=1S/C12H22F3NO3/c13-12(14,15)11(19)16-8-6-4-2-1-3-5-7-10(18)9-17/h10,17-18H,1-9H2,(H,16,19). The fraction of sp³-hybridized carbons (Fsp3) is 0.917. The predicted molar refractivity (Wildman–Crippen MR) is 64.5 cm³/mol. The molecule has 0 spiro atoms. The molecule has 19 heavy (non-hydrogen) atoms. The molecule has 1 unspecified atom stereocenters. The normalized spacial score (nSPS) is 13.3. The van der Waals surface area contributed by atoms with Gasteiger partial charge in [0.2, 0.25) is 0 Å². The van der Waals surface area contributed by atoms with Crippen LogP contribution in [0.25, 0.3) is 0 Å². The molecule has 1 atom stereocenters. The molecule has 0 aromatic carbocycles. The van der Waals surface area contributed by atoms with Crippen LogP contribution in [-0.4, -0.2) is 41.6 Å². The minimum absolute atomic E-state index is 0.0432. The molecule has 3 N–H and O–H groups in total. The summed E-state index contributed by atoms with van der Waals surface area (Å²) in [6, 6.07) is 0. The van der Waals surface area contributed by atoms with Crippen molar-refractivity contribution in [1.29, 1.82) is 0 Å². The summed E-state index contributed by atoms with van der Waals surface area (Å²) in [4.78, 5) is 10.5. The van der Waals surface area contributed by atoms with Gasteiger partial charge in [-0.05, 0) is 12.8 Å². The van der Waals surface area contributed by atoms with Gasteiger partial charge >= 0.3 is 12.1 Å². The lowest BCUT2D eigenvalue weighted by Crippen LogP contribution is -2.37. The number of hydrogen-bond donors (Lipinski definition) is 3. The number of amides is 1. The van der Waals surface area contributed by atoms with Crippen molar-refractivity contribution in [2.24, 2.45) is 0 Å². The van der Waals surface area contributed by atoms with Gasteiger partial charge in [0.1, 0.15) is 0 Å². The third-order valence-electron chi connectivity index (χ3n) is 2.72. The first-order valence-corrected chi connectivity index (χ1v) is 6.52. The van der Waals surface area contributed by atoms with Crippen LogP contribution in [0.2, 0.25) is 0 Å². The van der Waals surface area contributed by atoms with Crippen LogP contribution in [-0.2, 0) is 4.79 Å². The molecule has 0 aromatic heterocycles. The Labute approximate surface area is 111 Å². The lowest BCUT2D eigenvalue weighted by atomic mass is 10.1. The van der Waals surface area contributed by atoms with Crippen LogP contribution >= 0.6 is 0 Å². The third kappa shape index (κ3) is 10.8. The predicted octanol–water partition coefficient (Wildman–Crippen LogP) is 1.75. The second-order valence-corrected chi connectivity index (χ2v) is 4.50. The van der Waals surface area contributed by atoms with Crippen LogP contribution in [0.4, 0.5) is 13.2 Å². The molecule has 0 saturated carbocycles. The molecule has 0 radical (unpaired) electrons. The number of carbonyl (C=O) groups is 1. The minimum atomic E-state index is -4.80. The molecule has 7 heteroatoms. The zero-order valence-corrected chi connectivity index (χ0v) is 10.9. The van der Waals surface area contributed by atoms with Crippen LogP contribution in [0.15, 0.2) is 0 Å². The smallest absolute Gasteiger partial charge is 0.394 e. The average molecular weight is 285 g/mol. The number of nitrogens with one attached hydrogen (secondary N) is 1. The van der Waals surface area contributed by atoms with Gasteiger partial charge in [-0.15, -0.1) is 0 Å². The maximum Gasteiger partial charge on any atom is 0.471 e. The van der Waals surface area contributed by atoms with Gasteiger partial charge in [0.25, 0.3) is 0 Å². The molecule has 0 saturated heterocycles. The summed E-state index contributed by atoms with van der Waals surface area (Å²) in [6.07, 6.45) is -0.0216. The number of unbranched alkanes of at least 4 members (excludes halogenated alkanes) is 5. The first-order chi connectivity index (χ1) is 8.88. The van der Waals surface area contributed by atoms with Gasteiger partial charge in [0.05, 0.1) is 12.7 Å². The van der Waals surface area contributed by atoms with E-state index in [0.717, 1.165) is 32.1 Å². The lowest BCUT2D eigenvalue weighted by Gasteiger charge is -2.08. The zero-order chi connectivity index (χ0) is 14.7. The van der Waals surface area contributed by atoms with Crippen molar-refractivity contribution < 1.29 is 28.2 Å². The molecule has 0 heterocycles. The largest absolute Gasteiger partial charge is 0.471 e. The summed E-state index contributed by atoms with van der Waals surface area (Å²) < 4.78 is 35.4. The van der Waals surface area contributed by atoms with Gasteiger partial charge < -0.3 is 15.5 Å². The highest BCUT2D eigenvalue weighted by Gasteiger charge is 2.38. The molecule has 0 aromatic rings. The molecule has 0 aliphatic carbocycles. The molecule has 4 nitrogen and oxygen atoms in total. The average Bonchev–Trinajstić information content (AvgIpc) is 2.34. The van der Waals surface area contributed by atoms with Gasteiger partial charge in [-0.3, -0.25) is 4.79 Å². The lowest BCUT2D eigenvalue weighted by molar-refractivity contribution is -0.173. The van der Waals surface area contributed by atoms with Crippen LogP contribution in [0.5, 0.6) is 0 Å². The summed E-state index contributed by atoms with van der Waals surface area (Å²) in [7, 11) is 0. The van der Waals surface area contributed by atoms with E-state index < -0.39 is 18.2 Å². The summed E-state index contributed by atoms with van der Waals surface area (Å²) in [5.74, 6) is -1.88. The molecule has 0 rings (SSSR count). The van der Waals surface area contributed by atoms with Crippen molar-refractivity contribution in [3.63, 3.8) is 0 Å². The maximum atomic E-state index is 11.8. The Bertz CT molecular complexity index is 247. The van der Waals surface area contributed by atoms with Crippen molar-refractivity contribution in [3.05, 3.63) is 0 Å². The Morgan fingerprint density at radius 1 is 1.05 bits per heavy atom. The Hall–Kier alpha value is -0.820. The number of carbonyl (C=O) groups excluding carboxylic acids is 1. The number of hydrogen-bond acceptors (Lipinski definition) is 3. The molecule has 114 valence electrons. The highest BCUT2D eigenvalue weighted by molar-refractivity contribution is 5.81. The molecule has 0 aliphatic rings. The summed E-state index contributed by atoms with van der Waals surface area (Å²) in [5, 5.41) is 19.5. The minimum Gasteiger partial charge on any atom is -0.394 e. The number of halogens is 3. The summed E-state index contributed by atoms with van der Waals surface area (Å²) >= 11 is 0. The maximum absolute atomic E-state index is 11.8. The number of rotatable bonds is 10. The van der Waals surface area contributed by atoms with E-state index in [1.54, 1.807) is 0 Å². The van der Waals surface area contributed by atoms with Gasteiger partial charge in [-0.25, -0.2) is 0 Å². The second-order valence-electron chi connectivity index (χ2n) is 4.50. The van der Waals surface area contributed by atoms with E-state index in [2.05, 4.69) is 0 Å². The van der Waals surface area contributed by atoms with Crippen LogP contribution < -0.4 is 5.32 Å². The van der Waals surface area contributed by atoms with Crippen LogP contribution in [0, 0.1) is 0 Å². The zero-order valence-electron chi connectivity index (χ0n) is 10.9. The molecular weight excluding hydrogens is 263 g/mol. The quantitative estimate of drug-likeness (QED) is 0.536. The van der Waals surface area contributed by atoms with Gasteiger partial charge in [-0.1, -0.05) is 32.1 Å². The van der Waals surface area contributed by atoms with Gasteiger partial charge in [-0.2, -0.15) is 13.2 Å². The molecular formula is C12H22F3NO3. The van der Waals surface area contributed by atoms with Crippen molar-refractivity contribution >= 4 is 5.91 Å². The van der Waals surface area contributed by atoms with Crippen LogP contribution in [0.1, 0.15) is 44.9 Å².